The van der Waals surface area contributed by atoms with Gasteiger partial charge in [-0.3, -0.25) is 0 Å². The smallest absolute Gasteiger partial charge is 0.474 e. The first-order chi connectivity index (χ1) is 7.54. The van der Waals surface area contributed by atoms with Gasteiger partial charge in [0.15, 0.2) is 6.20 Å². The second-order valence-corrected chi connectivity index (χ2v) is 4.40. The molecule has 6 nitrogen and oxygen atoms in total. The minimum Gasteiger partial charge on any atom is -1.00 e. The Labute approximate surface area is 104 Å². The normalized spacial score (nSPS) is 11.2. The highest BCUT2D eigenvalue weighted by atomic mass is 35.5. The first kappa shape index (κ1) is 14.0. The van der Waals surface area contributed by atoms with Gasteiger partial charge in [-0.2, -0.15) is 0 Å². The Morgan fingerprint density at radius 1 is 1.29 bits per heavy atom. The summed E-state index contributed by atoms with van der Waals surface area (Å²) in [5, 5.41) is 5.08. The zero-order chi connectivity index (χ0) is 11.6. The quantitative estimate of drug-likeness (QED) is 0.482. The lowest BCUT2D eigenvalue weighted by Crippen LogP contribution is -3.00. The summed E-state index contributed by atoms with van der Waals surface area (Å²) in [5.41, 5.74) is 0.735. The van der Waals surface area contributed by atoms with E-state index >= 15 is 0 Å². The second kappa shape index (κ2) is 5.53. The second-order valence-electron chi connectivity index (χ2n) is 3.16. The van der Waals surface area contributed by atoms with Crippen molar-refractivity contribution in [2.45, 2.75) is 6.73 Å². The van der Waals surface area contributed by atoms with E-state index in [2.05, 4.69) is 9.62 Å². The minimum absolute atomic E-state index is 0. The van der Waals surface area contributed by atoms with E-state index in [9.17, 15) is 4.57 Å². The number of hydrogen-bond acceptors (Lipinski definition) is 3. The predicted molar refractivity (Wildman–Crippen MR) is 55.1 cm³/mol. The van der Waals surface area contributed by atoms with Crippen LogP contribution in [0.25, 0.3) is 10.9 Å². The topological polar surface area (TPSA) is 83.5 Å². The van der Waals surface area contributed by atoms with Crippen molar-refractivity contribution in [2.75, 3.05) is 0 Å². The van der Waals surface area contributed by atoms with Crippen LogP contribution in [-0.4, -0.2) is 14.9 Å². The fourth-order valence-electron chi connectivity index (χ4n) is 1.26. The van der Waals surface area contributed by atoms with Gasteiger partial charge in [0.05, 0.1) is 0 Å². The summed E-state index contributed by atoms with van der Waals surface area (Å²) >= 11 is 0. The van der Waals surface area contributed by atoms with Crippen molar-refractivity contribution < 1.29 is 36.0 Å². The molecule has 0 aliphatic carbocycles. The summed E-state index contributed by atoms with van der Waals surface area (Å²) in [7, 11) is -4.45. The molecular weight excluding hydrogens is 267 g/mol. The molecular formula is C9H10ClN2O4P. The number of fused-ring (bicyclic) bond motifs is 1. The molecule has 0 atom stereocenters. The highest BCUT2D eigenvalue weighted by molar-refractivity contribution is 7.46. The molecule has 2 aromatic rings. The highest BCUT2D eigenvalue weighted by Gasteiger charge is 2.17. The zero-order valence-corrected chi connectivity index (χ0v) is 10.3. The van der Waals surface area contributed by atoms with Crippen LogP contribution in [0.4, 0.5) is 0 Å². The van der Waals surface area contributed by atoms with Gasteiger partial charge in [-0.05, 0) is 6.07 Å². The average Bonchev–Trinajstić information content (AvgIpc) is 2.25. The van der Waals surface area contributed by atoms with E-state index in [1.807, 2.05) is 24.3 Å². The molecule has 0 radical (unpaired) electrons. The van der Waals surface area contributed by atoms with Gasteiger partial charge >= 0.3 is 7.82 Å². The molecule has 0 unspecified atom stereocenters. The molecule has 0 aliphatic rings. The largest absolute Gasteiger partial charge is 1.00 e. The number of aromatic nitrogens is 2. The maximum absolute atomic E-state index is 10.5. The third-order valence-electron chi connectivity index (χ3n) is 1.96. The van der Waals surface area contributed by atoms with Crippen LogP contribution in [0.15, 0.2) is 36.5 Å². The Morgan fingerprint density at radius 2 is 2.00 bits per heavy atom. The summed E-state index contributed by atoms with van der Waals surface area (Å²) in [4.78, 5) is 17.1. The van der Waals surface area contributed by atoms with Crippen molar-refractivity contribution in [3.63, 3.8) is 0 Å². The molecule has 92 valence electrons. The van der Waals surface area contributed by atoms with Gasteiger partial charge in [-0.1, -0.05) is 22.9 Å². The Morgan fingerprint density at radius 3 is 2.71 bits per heavy atom. The minimum atomic E-state index is -4.45. The van der Waals surface area contributed by atoms with Crippen molar-refractivity contribution >= 4 is 18.7 Å². The number of hydrogen-bond donors (Lipinski definition) is 2. The van der Waals surface area contributed by atoms with Gasteiger partial charge in [-0.15, -0.1) is 0 Å². The number of phosphoric ester groups is 1. The molecule has 0 amide bonds. The van der Waals surface area contributed by atoms with E-state index in [-0.39, 0.29) is 19.1 Å². The third kappa shape index (κ3) is 4.03. The van der Waals surface area contributed by atoms with Crippen molar-refractivity contribution in [1.82, 2.24) is 5.10 Å². The zero-order valence-electron chi connectivity index (χ0n) is 8.60. The van der Waals surface area contributed by atoms with Crippen molar-refractivity contribution in [3.05, 3.63) is 36.5 Å². The van der Waals surface area contributed by atoms with Gasteiger partial charge in [0, 0.05) is 16.6 Å². The summed E-state index contributed by atoms with van der Waals surface area (Å²) in [6, 6.07) is 9.23. The SMILES string of the molecule is O=P(O)(O)OC[n+]1ccc2ccccc2n1.[Cl-]. The van der Waals surface area contributed by atoms with Gasteiger partial charge < -0.3 is 22.2 Å². The summed E-state index contributed by atoms with van der Waals surface area (Å²) in [6.45, 7) is -0.283. The molecule has 0 aliphatic heterocycles. The van der Waals surface area contributed by atoms with Crippen LogP contribution < -0.4 is 17.1 Å². The van der Waals surface area contributed by atoms with E-state index < -0.39 is 7.82 Å². The molecule has 0 saturated carbocycles. The molecule has 2 rings (SSSR count). The monoisotopic (exact) mass is 276 g/mol. The third-order valence-corrected chi connectivity index (χ3v) is 2.41. The van der Waals surface area contributed by atoms with Crippen LogP contribution in [-0.2, 0) is 15.8 Å². The number of halogens is 1. The van der Waals surface area contributed by atoms with Crippen molar-refractivity contribution in [2.24, 2.45) is 0 Å². The molecule has 1 aromatic heterocycles. The van der Waals surface area contributed by atoms with E-state index in [0.29, 0.717) is 0 Å². The molecule has 2 N–H and O–H groups in total. The van der Waals surface area contributed by atoms with Gasteiger partial charge in [-0.25, -0.2) is 9.09 Å². The van der Waals surface area contributed by atoms with E-state index in [1.54, 1.807) is 12.3 Å². The molecule has 17 heavy (non-hydrogen) atoms. The summed E-state index contributed by atoms with van der Waals surface area (Å²) < 4.78 is 16.2. The Hall–Kier alpha value is -1.04. The van der Waals surface area contributed by atoms with E-state index in [0.717, 1.165) is 10.9 Å². The fourth-order valence-corrected chi connectivity index (χ4v) is 1.53. The highest BCUT2D eigenvalue weighted by Crippen LogP contribution is 2.35. The lowest BCUT2D eigenvalue weighted by Gasteiger charge is -2.00. The lowest BCUT2D eigenvalue weighted by molar-refractivity contribution is -0.777. The number of benzene rings is 1. The molecule has 0 spiro atoms. The van der Waals surface area contributed by atoms with Crippen molar-refractivity contribution in [1.29, 1.82) is 0 Å². The number of nitrogens with zero attached hydrogens (tertiary/aromatic N) is 2. The van der Waals surface area contributed by atoms with Crippen LogP contribution in [0.2, 0.25) is 0 Å². The molecule has 1 aromatic carbocycles. The average molecular weight is 277 g/mol. The van der Waals surface area contributed by atoms with Crippen LogP contribution in [0.3, 0.4) is 0 Å². The maximum Gasteiger partial charge on any atom is 0.474 e. The van der Waals surface area contributed by atoms with Crippen LogP contribution >= 0.6 is 7.82 Å². The van der Waals surface area contributed by atoms with Gasteiger partial charge in [0.1, 0.15) is 5.52 Å². The summed E-state index contributed by atoms with van der Waals surface area (Å²) in [6.07, 6.45) is 1.60. The molecule has 0 saturated heterocycles. The molecule has 1 heterocycles. The van der Waals surface area contributed by atoms with Gasteiger partial charge in [0.2, 0.25) is 0 Å². The molecule has 8 heteroatoms. The van der Waals surface area contributed by atoms with Crippen molar-refractivity contribution in [3.8, 4) is 0 Å². The fraction of sp³-hybridized carbons (Fsp3) is 0.111. The molecule has 0 bridgehead atoms. The van der Waals surface area contributed by atoms with Crippen LogP contribution in [0.1, 0.15) is 0 Å². The van der Waals surface area contributed by atoms with Gasteiger partial charge in [0.25, 0.3) is 6.73 Å². The Balaban J connectivity index is 0.00000144. The summed E-state index contributed by atoms with van der Waals surface area (Å²) in [5.74, 6) is 0. The number of phosphoric acid groups is 1. The van der Waals surface area contributed by atoms with E-state index in [4.69, 9.17) is 9.79 Å². The Kier molecular flexibility index (Phi) is 4.56. The Bertz CT molecular complexity index is 559. The number of rotatable bonds is 3. The molecule has 0 fully saturated rings. The first-order valence-electron chi connectivity index (χ1n) is 4.50. The maximum atomic E-state index is 10.5. The van der Waals surface area contributed by atoms with Crippen LogP contribution in [0, 0.1) is 0 Å². The van der Waals surface area contributed by atoms with Crippen LogP contribution in [0.5, 0.6) is 0 Å². The predicted octanol–water partition coefficient (Wildman–Crippen LogP) is -2.41. The lowest BCUT2D eigenvalue weighted by atomic mass is 10.2. The van der Waals surface area contributed by atoms with E-state index in [1.165, 1.54) is 4.68 Å². The first-order valence-corrected chi connectivity index (χ1v) is 6.03. The standard InChI is InChI=1S/C9H9N2O4P.ClH/c12-16(13,14)15-7-11-6-5-8-3-1-2-4-9(8)10-11;/h1-6H,7H2,(H-,12,13,14);1H.